The van der Waals surface area contributed by atoms with E-state index in [1.54, 1.807) is 0 Å². The van der Waals surface area contributed by atoms with Crippen molar-refractivity contribution in [3.05, 3.63) is 72.9 Å². The van der Waals surface area contributed by atoms with E-state index in [1.165, 1.54) is 231 Å². The largest absolute Gasteiger partial charge is 0.462 e. The van der Waals surface area contributed by atoms with Gasteiger partial charge in [-0.2, -0.15) is 0 Å². The topological polar surface area (TPSA) is 78.9 Å². The third-order valence-corrected chi connectivity index (χ3v) is 16.2. The number of carbonyl (C=O) groups is 3. The molecule has 0 aliphatic heterocycles. The summed E-state index contributed by atoms with van der Waals surface area (Å²) in [5.41, 5.74) is 0. The molecule has 0 amide bonds. The fourth-order valence-corrected chi connectivity index (χ4v) is 10.8. The Morgan fingerprint density at radius 1 is 0.253 bits per heavy atom. The molecule has 0 aromatic rings. The summed E-state index contributed by atoms with van der Waals surface area (Å²) >= 11 is 0. The zero-order valence-corrected chi connectivity index (χ0v) is 55.5. The molecule has 0 aromatic carbocycles. The Morgan fingerprint density at radius 2 is 0.494 bits per heavy atom. The number of hydrogen-bond acceptors (Lipinski definition) is 6. The second-order valence-electron chi connectivity index (χ2n) is 24.5. The lowest BCUT2D eigenvalue weighted by atomic mass is 10.0. The molecule has 0 aromatic heterocycles. The van der Waals surface area contributed by atoms with Gasteiger partial charge in [-0.1, -0.05) is 351 Å². The molecule has 0 heterocycles. The number of esters is 3. The second kappa shape index (κ2) is 71.3. The maximum Gasteiger partial charge on any atom is 0.306 e. The van der Waals surface area contributed by atoms with Crippen LogP contribution in [0.3, 0.4) is 0 Å². The predicted octanol–water partition coefficient (Wildman–Crippen LogP) is 25.2. The summed E-state index contributed by atoms with van der Waals surface area (Å²) < 4.78 is 17.0. The van der Waals surface area contributed by atoms with E-state index in [0.29, 0.717) is 19.3 Å². The normalized spacial score (nSPS) is 12.5. The van der Waals surface area contributed by atoms with E-state index in [1.807, 2.05) is 0 Å². The van der Waals surface area contributed by atoms with Crippen LogP contribution in [0.2, 0.25) is 0 Å². The summed E-state index contributed by atoms with van der Waals surface area (Å²) in [6, 6.07) is 0. The molecular formula is C77H138O6. The number of hydrogen-bond donors (Lipinski definition) is 0. The van der Waals surface area contributed by atoms with Crippen molar-refractivity contribution >= 4 is 17.9 Å². The summed E-state index contributed by atoms with van der Waals surface area (Å²) in [6.45, 7) is 6.52. The van der Waals surface area contributed by atoms with Gasteiger partial charge in [0.15, 0.2) is 6.10 Å². The van der Waals surface area contributed by atoms with E-state index in [9.17, 15) is 14.4 Å². The van der Waals surface area contributed by atoms with Crippen LogP contribution in [-0.4, -0.2) is 37.2 Å². The SMILES string of the molecule is CC/C=C\C/C=C\C/C=C\C/C=C\CCCCCCCCCCCCCCCCC(=O)OCC(COC(=O)CCCCCCC/C=C\C/C=C\CCC)OC(=O)CCCCCCCCCCCCCCCCCCCCCCCCCCC. The zero-order valence-electron chi connectivity index (χ0n) is 55.5. The molecule has 0 saturated carbocycles. The van der Waals surface area contributed by atoms with Crippen LogP contribution in [0.25, 0.3) is 0 Å². The van der Waals surface area contributed by atoms with Crippen LogP contribution >= 0.6 is 0 Å². The fourth-order valence-electron chi connectivity index (χ4n) is 10.8. The number of carbonyl (C=O) groups excluding carboxylic acids is 3. The van der Waals surface area contributed by atoms with Gasteiger partial charge in [-0.25, -0.2) is 0 Å². The van der Waals surface area contributed by atoms with Gasteiger partial charge in [0.05, 0.1) is 0 Å². The van der Waals surface area contributed by atoms with Crippen LogP contribution in [0.5, 0.6) is 0 Å². The van der Waals surface area contributed by atoms with Crippen LogP contribution in [-0.2, 0) is 28.6 Å². The summed E-state index contributed by atoms with van der Waals surface area (Å²) in [5.74, 6) is -0.867. The van der Waals surface area contributed by atoms with Crippen LogP contribution in [0.15, 0.2) is 72.9 Å². The Bertz CT molecular complexity index is 1520. The van der Waals surface area contributed by atoms with Gasteiger partial charge in [-0.05, 0) is 83.5 Å². The Morgan fingerprint density at radius 3 is 0.783 bits per heavy atom. The number of ether oxygens (including phenoxy) is 3. The highest BCUT2D eigenvalue weighted by molar-refractivity contribution is 5.71. The maximum atomic E-state index is 13.0. The molecule has 0 saturated heterocycles. The average molecular weight is 1160 g/mol. The molecule has 0 spiro atoms. The van der Waals surface area contributed by atoms with Crippen LogP contribution in [0, 0.1) is 0 Å². The molecule has 0 rings (SSSR count). The summed E-state index contributed by atoms with van der Waals surface area (Å²) in [4.78, 5) is 38.5. The lowest BCUT2D eigenvalue weighted by molar-refractivity contribution is -0.167. The highest BCUT2D eigenvalue weighted by atomic mass is 16.6. The third-order valence-electron chi connectivity index (χ3n) is 16.2. The van der Waals surface area contributed by atoms with E-state index in [0.717, 1.165) is 109 Å². The maximum absolute atomic E-state index is 13.0. The molecule has 83 heavy (non-hydrogen) atoms. The molecule has 0 fully saturated rings. The van der Waals surface area contributed by atoms with Crippen molar-refractivity contribution in [1.29, 1.82) is 0 Å². The van der Waals surface area contributed by atoms with Crippen molar-refractivity contribution in [3.63, 3.8) is 0 Å². The fraction of sp³-hybridized carbons (Fsp3) is 0.805. The molecule has 0 N–H and O–H groups in total. The minimum Gasteiger partial charge on any atom is -0.462 e. The zero-order chi connectivity index (χ0) is 59.9. The van der Waals surface area contributed by atoms with Crippen LogP contribution in [0.1, 0.15) is 380 Å². The first-order valence-corrected chi connectivity index (χ1v) is 36.4. The first kappa shape index (κ1) is 79.8. The molecule has 0 aliphatic carbocycles. The Balaban J connectivity index is 4.22. The molecule has 0 radical (unpaired) electrons. The number of allylic oxidation sites excluding steroid dienone is 12. The van der Waals surface area contributed by atoms with E-state index < -0.39 is 6.10 Å². The summed E-state index contributed by atoms with van der Waals surface area (Å²) in [5, 5.41) is 0. The van der Waals surface area contributed by atoms with E-state index in [2.05, 4.69) is 93.7 Å². The molecule has 1 unspecified atom stereocenters. The quantitative estimate of drug-likeness (QED) is 0.0261. The molecular weight excluding hydrogens is 1020 g/mol. The smallest absolute Gasteiger partial charge is 0.306 e. The first-order valence-electron chi connectivity index (χ1n) is 36.4. The van der Waals surface area contributed by atoms with E-state index in [4.69, 9.17) is 14.2 Å². The molecule has 482 valence electrons. The van der Waals surface area contributed by atoms with Gasteiger partial charge in [-0.15, -0.1) is 0 Å². The monoisotopic (exact) mass is 1160 g/mol. The Kier molecular flexibility index (Phi) is 68.6. The third kappa shape index (κ3) is 69.5. The lowest BCUT2D eigenvalue weighted by Crippen LogP contribution is -2.30. The van der Waals surface area contributed by atoms with E-state index >= 15 is 0 Å². The number of rotatable bonds is 67. The number of unbranched alkanes of at least 4 members (excludes halogenated alkanes) is 44. The highest BCUT2D eigenvalue weighted by Crippen LogP contribution is 2.19. The van der Waals surface area contributed by atoms with Crippen molar-refractivity contribution < 1.29 is 28.6 Å². The Hall–Kier alpha value is -3.15. The van der Waals surface area contributed by atoms with Gasteiger partial charge < -0.3 is 14.2 Å². The van der Waals surface area contributed by atoms with Crippen LogP contribution < -0.4 is 0 Å². The van der Waals surface area contributed by atoms with E-state index in [-0.39, 0.29) is 31.1 Å². The highest BCUT2D eigenvalue weighted by Gasteiger charge is 2.19. The molecule has 1 atom stereocenters. The second-order valence-corrected chi connectivity index (χ2v) is 24.5. The van der Waals surface area contributed by atoms with Gasteiger partial charge in [0, 0.05) is 19.3 Å². The van der Waals surface area contributed by atoms with Crippen LogP contribution in [0.4, 0.5) is 0 Å². The average Bonchev–Trinajstić information content (AvgIpc) is 3.49. The summed E-state index contributed by atoms with van der Waals surface area (Å²) in [7, 11) is 0. The first-order chi connectivity index (χ1) is 41.0. The lowest BCUT2D eigenvalue weighted by Gasteiger charge is -2.18. The van der Waals surface area contributed by atoms with Gasteiger partial charge >= 0.3 is 17.9 Å². The molecule has 6 nitrogen and oxygen atoms in total. The minimum atomic E-state index is -0.781. The van der Waals surface area contributed by atoms with Crippen molar-refractivity contribution in [1.82, 2.24) is 0 Å². The molecule has 0 aliphatic rings. The van der Waals surface area contributed by atoms with Gasteiger partial charge in [0.2, 0.25) is 0 Å². The minimum absolute atomic E-state index is 0.0759. The van der Waals surface area contributed by atoms with Crippen molar-refractivity contribution in [2.24, 2.45) is 0 Å². The standard InChI is InChI=1S/C77H138O6/c1-4-7-10-13-16-19-22-25-27-29-31-33-35-37-38-40-41-43-45-47-49-52-55-58-61-64-67-70-76(79)82-73-74(72-81-75(78)69-66-63-60-57-54-51-24-21-18-15-12-9-6-3)83-77(80)71-68-65-62-59-56-53-50-48-46-44-42-39-36-34-32-30-28-26-23-20-17-14-11-8-5-2/h7,10,12,15-16,19,21,24-25,27,31,33,74H,4-6,8-9,11,13-14,17-18,20,22-23,26,28-30,32,34-73H2,1-3H3/b10-7-,15-12-,19-16-,24-21-,27-25-,33-31-. The van der Waals surface area contributed by atoms with Crippen molar-refractivity contribution in [2.75, 3.05) is 13.2 Å². The summed E-state index contributed by atoms with van der Waals surface area (Å²) in [6.07, 6.45) is 93.7. The van der Waals surface area contributed by atoms with Crippen molar-refractivity contribution in [2.45, 2.75) is 386 Å². The van der Waals surface area contributed by atoms with Gasteiger partial charge in [0.1, 0.15) is 13.2 Å². The van der Waals surface area contributed by atoms with Gasteiger partial charge in [-0.3, -0.25) is 14.4 Å². The molecule has 6 heteroatoms. The predicted molar refractivity (Wildman–Crippen MR) is 362 cm³/mol. The molecule has 0 bridgehead atoms. The Labute approximate surface area is 516 Å². The van der Waals surface area contributed by atoms with Crippen molar-refractivity contribution in [3.8, 4) is 0 Å². The van der Waals surface area contributed by atoms with Gasteiger partial charge in [0.25, 0.3) is 0 Å².